The van der Waals surface area contributed by atoms with Crippen LogP contribution in [0, 0.1) is 3.57 Å². The van der Waals surface area contributed by atoms with Gasteiger partial charge in [-0.15, -0.1) is 0 Å². The van der Waals surface area contributed by atoms with E-state index >= 15 is 0 Å². The molecule has 5 rings (SSSR count). The van der Waals surface area contributed by atoms with Crippen LogP contribution in [0.2, 0.25) is 0 Å². The highest BCUT2D eigenvalue weighted by molar-refractivity contribution is 14.1. The number of carbonyl (C=O) groups excluding carboxylic acids is 2. The Morgan fingerprint density at radius 2 is 1.68 bits per heavy atom. The molecular weight excluding hydrogens is 585 g/mol. The summed E-state index contributed by atoms with van der Waals surface area (Å²) in [5.41, 5.74) is 4.43. The molecule has 0 bridgehead atoms. The van der Waals surface area contributed by atoms with Gasteiger partial charge < -0.3 is 19.2 Å². The van der Waals surface area contributed by atoms with E-state index in [1.807, 2.05) is 30.3 Å². The predicted molar refractivity (Wildman–Crippen MR) is 147 cm³/mol. The number of carbonyl (C=O) groups is 2. The molecule has 0 fully saturated rings. The summed E-state index contributed by atoms with van der Waals surface area (Å²) in [5, 5.41) is 6.67. The summed E-state index contributed by atoms with van der Waals surface area (Å²) >= 11 is 2.24. The highest BCUT2D eigenvalue weighted by Gasteiger charge is 2.17. The van der Waals surface area contributed by atoms with E-state index in [1.54, 1.807) is 54.6 Å². The lowest BCUT2D eigenvalue weighted by molar-refractivity contribution is -0.117. The largest absolute Gasteiger partial charge is 0.455 e. The predicted octanol–water partition coefficient (Wildman–Crippen LogP) is 5.20. The normalized spacial score (nSPS) is 12.5. The third-order valence-corrected chi connectivity index (χ3v) is 6.07. The Kier molecular flexibility index (Phi) is 7.31. The van der Waals surface area contributed by atoms with Gasteiger partial charge in [-0.2, -0.15) is 5.10 Å². The second-order valence-electron chi connectivity index (χ2n) is 7.90. The summed E-state index contributed by atoms with van der Waals surface area (Å²) < 4.78 is 17.7. The molecule has 9 heteroatoms. The molecule has 0 radical (unpaired) electrons. The van der Waals surface area contributed by atoms with Gasteiger partial charge in [0.05, 0.1) is 6.21 Å². The molecule has 184 valence electrons. The minimum atomic E-state index is -0.609. The number of nitrogens with one attached hydrogen (secondary N) is 2. The zero-order valence-corrected chi connectivity index (χ0v) is 21.5. The third-order valence-electron chi connectivity index (χ3n) is 5.35. The van der Waals surface area contributed by atoms with Gasteiger partial charge in [-0.1, -0.05) is 36.4 Å². The topological polar surface area (TPSA) is 102 Å². The Bertz CT molecular complexity index is 1490. The number of amides is 2. The summed E-state index contributed by atoms with van der Waals surface area (Å²) in [5.74, 6) is 1.28. The van der Waals surface area contributed by atoms with Crippen molar-refractivity contribution in [1.82, 2.24) is 10.7 Å². The average molecular weight is 605 g/mol. The van der Waals surface area contributed by atoms with Crippen molar-refractivity contribution in [1.29, 1.82) is 0 Å². The van der Waals surface area contributed by atoms with Crippen molar-refractivity contribution in [2.75, 3.05) is 6.79 Å². The summed E-state index contributed by atoms with van der Waals surface area (Å²) in [4.78, 5) is 25.8. The van der Waals surface area contributed by atoms with Crippen LogP contribution >= 0.6 is 22.6 Å². The Labute approximate surface area is 226 Å². The minimum Gasteiger partial charge on any atom is -0.455 e. The molecule has 8 nitrogen and oxygen atoms in total. The van der Waals surface area contributed by atoms with E-state index in [9.17, 15) is 9.59 Å². The third kappa shape index (κ3) is 6.07. The molecule has 3 aromatic carbocycles. The van der Waals surface area contributed by atoms with Gasteiger partial charge in [0.15, 0.2) is 11.5 Å². The highest BCUT2D eigenvalue weighted by Crippen LogP contribution is 2.33. The average Bonchev–Trinajstić information content (AvgIpc) is 3.59. The van der Waals surface area contributed by atoms with Crippen LogP contribution in [0.3, 0.4) is 0 Å². The summed E-state index contributed by atoms with van der Waals surface area (Å²) in [6.45, 7) is 0.132. The van der Waals surface area contributed by atoms with Crippen LogP contribution in [-0.4, -0.2) is 24.8 Å². The molecule has 2 amide bonds. The molecule has 0 saturated heterocycles. The van der Waals surface area contributed by atoms with E-state index in [4.69, 9.17) is 13.9 Å². The lowest BCUT2D eigenvalue weighted by atomic mass is 10.1. The molecule has 0 aliphatic carbocycles. The number of halogens is 1. The fourth-order valence-electron chi connectivity index (χ4n) is 3.52. The second-order valence-corrected chi connectivity index (χ2v) is 9.14. The fourth-order valence-corrected chi connectivity index (χ4v) is 3.88. The smallest absolute Gasteiger partial charge is 0.287 e. The quantitative estimate of drug-likeness (QED) is 0.131. The first kappa shape index (κ1) is 24.3. The number of rotatable bonds is 7. The number of benzene rings is 3. The van der Waals surface area contributed by atoms with Gasteiger partial charge >= 0.3 is 0 Å². The van der Waals surface area contributed by atoms with E-state index < -0.39 is 11.8 Å². The van der Waals surface area contributed by atoms with Crippen LogP contribution in [-0.2, 0) is 4.79 Å². The molecular formula is C28H20IN3O5. The molecule has 2 N–H and O–H groups in total. The number of furan rings is 1. The highest BCUT2D eigenvalue weighted by atomic mass is 127. The van der Waals surface area contributed by atoms with Gasteiger partial charge in [0, 0.05) is 14.7 Å². The molecule has 4 aromatic rings. The van der Waals surface area contributed by atoms with Crippen LogP contribution in [0.15, 0.2) is 100 Å². The Morgan fingerprint density at radius 1 is 0.892 bits per heavy atom. The lowest BCUT2D eigenvalue weighted by Gasteiger charge is -2.09. The fraction of sp³-hybridized carbons (Fsp3) is 0.0357. The second kappa shape index (κ2) is 11.1. The maximum Gasteiger partial charge on any atom is 0.287 e. The van der Waals surface area contributed by atoms with Crippen molar-refractivity contribution < 1.29 is 23.5 Å². The van der Waals surface area contributed by atoms with Crippen LogP contribution in [0.1, 0.15) is 21.7 Å². The standard InChI is InChI=1S/C28H20IN3O5/c29-21-9-7-19(8-10-21)24-13-11-22(37-24)16-30-32-28(34)23(31-27(33)20-4-2-1-3-5-20)14-18-6-12-25-26(15-18)36-17-35-25/h1-16H,17H2,(H,31,33)(H,32,34). The molecule has 0 unspecified atom stereocenters. The van der Waals surface area contributed by atoms with Crippen molar-refractivity contribution in [3.8, 4) is 22.8 Å². The minimum absolute atomic E-state index is 0.00360. The van der Waals surface area contributed by atoms with E-state index in [2.05, 4.69) is 38.4 Å². The Morgan fingerprint density at radius 3 is 2.49 bits per heavy atom. The Balaban J connectivity index is 1.33. The van der Waals surface area contributed by atoms with Crippen molar-refractivity contribution in [2.45, 2.75) is 0 Å². The van der Waals surface area contributed by atoms with E-state index in [1.165, 1.54) is 12.3 Å². The molecule has 37 heavy (non-hydrogen) atoms. The van der Waals surface area contributed by atoms with Crippen molar-refractivity contribution in [3.05, 3.63) is 111 Å². The Hall–Kier alpha value is -4.38. The molecule has 1 aliphatic rings. The van der Waals surface area contributed by atoms with Gasteiger partial charge in [0.2, 0.25) is 6.79 Å². The molecule has 0 saturated carbocycles. The number of hydrogen-bond acceptors (Lipinski definition) is 6. The van der Waals surface area contributed by atoms with E-state index in [0.29, 0.717) is 34.1 Å². The first-order chi connectivity index (χ1) is 18.0. The molecule has 1 aliphatic heterocycles. The number of hydrazone groups is 1. The summed E-state index contributed by atoms with van der Waals surface area (Å²) in [6, 6.07) is 25.3. The summed E-state index contributed by atoms with van der Waals surface area (Å²) in [6.07, 6.45) is 2.93. The maximum atomic E-state index is 13.0. The van der Waals surface area contributed by atoms with Crippen molar-refractivity contribution in [2.24, 2.45) is 5.10 Å². The maximum absolute atomic E-state index is 13.0. The van der Waals surface area contributed by atoms with Crippen LogP contribution in [0.4, 0.5) is 0 Å². The first-order valence-electron chi connectivity index (χ1n) is 11.2. The molecule has 0 atom stereocenters. The van der Waals surface area contributed by atoms with Crippen molar-refractivity contribution in [3.63, 3.8) is 0 Å². The van der Waals surface area contributed by atoms with Gasteiger partial charge in [-0.05, 0) is 82.8 Å². The SMILES string of the molecule is O=C(NN=Cc1ccc(-c2ccc(I)cc2)o1)C(=Cc1ccc2c(c1)OCO2)NC(=O)c1ccccc1. The van der Waals surface area contributed by atoms with Crippen molar-refractivity contribution >= 4 is 46.7 Å². The van der Waals surface area contributed by atoms with Gasteiger partial charge in [0.25, 0.3) is 11.8 Å². The monoisotopic (exact) mass is 605 g/mol. The van der Waals surface area contributed by atoms with E-state index in [0.717, 1.165) is 9.13 Å². The molecule has 0 spiro atoms. The van der Waals surface area contributed by atoms with Gasteiger partial charge in [-0.25, -0.2) is 5.43 Å². The number of hydrogen-bond donors (Lipinski definition) is 2. The van der Waals surface area contributed by atoms with Gasteiger partial charge in [0.1, 0.15) is 17.2 Å². The molecule has 2 heterocycles. The number of fused-ring (bicyclic) bond motifs is 1. The van der Waals surface area contributed by atoms with Crippen LogP contribution in [0.25, 0.3) is 17.4 Å². The first-order valence-corrected chi connectivity index (χ1v) is 12.3. The van der Waals surface area contributed by atoms with Gasteiger partial charge in [-0.3, -0.25) is 9.59 Å². The summed E-state index contributed by atoms with van der Waals surface area (Å²) in [7, 11) is 0. The number of ether oxygens (including phenoxy) is 2. The van der Waals surface area contributed by atoms with Crippen LogP contribution < -0.4 is 20.2 Å². The molecule has 1 aromatic heterocycles. The zero-order valence-electron chi connectivity index (χ0n) is 19.3. The lowest BCUT2D eigenvalue weighted by Crippen LogP contribution is -2.32. The van der Waals surface area contributed by atoms with Crippen LogP contribution in [0.5, 0.6) is 11.5 Å². The zero-order chi connectivity index (χ0) is 25.6. The van der Waals surface area contributed by atoms with E-state index in [-0.39, 0.29) is 12.5 Å². The number of nitrogens with zero attached hydrogens (tertiary/aromatic N) is 1.